The average molecular weight is 770 g/mol. The Labute approximate surface area is 315 Å². The maximum Gasteiger partial charge on any atom is 0.469 e. The van der Waals surface area contributed by atoms with Crippen LogP contribution in [-0.2, 0) is 32.9 Å². The Morgan fingerprint density at radius 2 is 1.74 bits per heavy atom. The number of allylic oxidation sites excluding steroid dienone is 3. The number of rotatable bonds is 26. The summed E-state index contributed by atoms with van der Waals surface area (Å²) in [5.41, 5.74) is -2.09. The van der Waals surface area contributed by atoms with E-state index in [1.54, 1.807) is 18.2 Å². The van der Waals surface area contributed by atoms with E-state index in [0.717, 1.165) is 70.6 Å². The van der Waals surface area contributed by atoms with Crippen molar-refractivity contribution in [3.05, 3.63) is 48.6 Å². The Balaban J connectivity index is 1.99. The number of hydrogen-bond donors (Lipinski definition) is 6. The summed E-state index contributed by atoms with van der Waals surface area (Å²) < 4.78 is 27.6. The van der Waals surface area contributed by atoms with Crippen molar-refractivity contribution in [2.24, 2.45) is 11.8 Å². The van der Waals surface area contributed by atoms with Gasteiger partial charge >= 0.3 is 19.8 Å². The highest BCUT2D eigenvalue weighted by Gasteiger charge is 2.41. The molecule has 1 fully saturated rings. The summed E-state index contributed by atoms with van der Waals surface area (Å²) in [6, 6.07) is 0. The molecule has 0 radical (unpaired) electrons. The lowest BCUT2D eigenvalue weighted by atomic mass is 9.86. The first-order valence-electron chi connectivity index (χ1n) is 19.4. The molecule has 0 aromatic rings. The lowest BCUT2D eigenvalue weighted by Gasteiger charge is -2.35. The molecule has 6 N–H and O–H groups in total. The summed E-state index contributed by atoms with van der Waals surface area (Å²) in [6.45, 7) is 3.73. The van der Waals surface area contributed by atoms with E-state index in [1.807, 2.05) is 13.0 Å². The predicted octanol–water partition coefficient (Wildman–Crippen LogP) is 5.64. The van der Waals surface area contributed by atoms with E-state index in [0.29, 0.717) is 25.9 Å². The minimum absolute atomic E-state index is 0.0539. The van der Waals surface area contributed by atoms with Crippen molar-refractivity contribution in [2.45, 2.75) is 153 Å². The number of amides is 1. The predicted molar refractivity (Wildman–Crippen MR) is 201 cm³/mol. The van der Waals surface area contributed by atoms with Crippen LogP contribution in [0.2, 0.25) is 0 Å². The molecule has 1 heterocycles. The maximum absolute atomic E-state index is 12.7. The van der Waals surface area contributed by atoms with Gasteiger partial charge in [0.05, 0.1) is 18.8 Å². The van der Waals surface area contributed by atoms with Crippen LogP contribution < -0.4 is 5.32 Å². The van der Waals surface area contributed by atoms with Gasteiger partial charge in [-0.25, -0.2) is 9.36 Å². The lowest BCUT2D eigenvalue weighted by molar-refractivity contribution is -0.144. The fourth-order valence-electron chi connectivity index (χ4n) is 6.66. The van der Waals surface area contributed by atoms with E-state index in [4.69, 9.17) is 14.0 Å². The largest absolute Gasteiger partial charge is 0.469 e. The molecule has 1 aliphatic carbocycles. The van der Waals surface area contributed by atoms with Crippen LogP contribution in [0.1, 0.15) is 123 Å². The van der Waals surface area contributed by atoms with Crippen molar-refractivity contribution >= 4 is 25.7 Å². The third-order valence-electron chi connectivity index (χ3n) is 9.69. The highest BCUT2D eigenvalue weighted by Crippen LogP contribution is 2.42. The number of cyclic esters (lactones) is 1. The van der Waals surface area contributed by atoms with Crippen molar-refractivity contribution in [3.63, 3.8) is 0 Å². The Bertz CT molecular complexity index is 1260. The smallest absolute Gasteiger partial charge is 0.466 e. The van der Waals surface area contributed by atoms with Gasteiger partial charge in [0.1, 0.15) is 17.8 Å². The second-order valence-corrected chi connectivity index (χ2v) is 15.5. The Morgan fingerprint density at radius 1 is 1.06 bits per heavy atom. The first-order chi connectivity index (χ1) is 25.2. The molecule has 1 amide bonds. The number of phosphoric acid groups is 1. The number of carbonyl (C=O) groups is 3. The van der Waals surface area contributed by atoms with Gasteiger partial charge in [-0.05, 0) is 56.9 Å². The van der Waals surface area contributed by atoms with E-state index in [2.05, 4.69) is 5.32 Å². The second kappa shape index (κ2) is 25.4. The number of nitrogens with one attached hydrogen (secondary N) is 1. The van der Waals surface area contributed by atoms with Crippen LogP contribution >= 0.6 is 7.82 Å². The number of aliphatic hydroxyl groups is 3. The molecule has 53 heavy (non-hydrogen) atoms. The summed E-state index contributed by atoms with van der Waals surface area (Å²) in [5, 5.41) is 35.5. The topological polar surface area (TPSA) is 209 Å². The number of unbranched alkanes of at least 4 members (excludes halogenated alkanes) is 8. The zero-order chi connectivity index (χ0) is 39.1. The molecule has 2 aliphatic rings. The molecule has 0 bridgehead atoms. The summed E-state index contributed by atoms with van der Waals surface area (Å²) in [4.78, 5) is 55.1. The first-order valence-corrected chi connectivity index (χ1v) is 20.9. The summed E-state index contributed by atoms with van der Waals surface area (Å²) in [7, 11) is -5.17. The van der Waals surface area contributed by atoms with E-state index >= 15 is 0 Å². The summed E-state index contributed by atoms with van der Waals surface area (Å²) in [5.74, 6) is -1.03. The van der Waals surface area contributed by atoms with Crippen LogP contribution in [0.5, 0.6) is 0 Å². The van der Waals surface area contributed by atoms with E-state index in [-0.39, 0.29) is 49.2 Å². The molecular formula is C39H64NO12P. The van der Waals surface area contributed by atoms with E-state index in [1.165, 1.54) is 31.2 Å². The molecule has 0 aromatic carbocycles. The van der Waals surface area contributed by atoms with Crippen LogP contribution in [-0.4, -0.2) is 86.1 Å². The van der Waals surface area contributed by atoms with Crippen LogP contribution in [0, 0.1) is 11.8 Å². The molecule has 1 aliphatic heterocycles. The minimum atomic E-state index is -5.17. The number of ether oxygens (including phenoxy) is 2. The Hall–Kier alpha value is -2.64. The van der Waals surface area contributed by atoms with Gasteiger partial charge in [-0.1, -0.05) is 94.7 Å². The number of hydrogen-bond acceptors (Lipinski definition) is 10. The van der Waals surface area contributed by atoms with Crippen LogP contribution in [0.3, 0.4) is 0 Å². The van der Waals surface area contributed by atoms with E-state index in [9.17, 15) is 44.1 Å². The molecule has 0 aromatic heterocycles. The van der Waals surface area contributed by atoms with Gasteiger partial charge in [0, 0.05) is 38.3 Å². The van der Waals surface area contributed by atoms with Gasteiger partial charge in [-0.15, -0.1) is 0 Å². The normalized spacial score (nSPS) is 23.3. The molecule has 0 unspecified atom stereocenters. The van der Waals surface area contributed by atoms with E-state index < -0.39 is 44.1 Å². The van der Waals surface area contributed by atoms with Gasteiger partial charge in [0.2, 0.25) is 5.91 Å². The quantitative estimate of drug-likeness (QED) is 0.0208. The summed E-state index contributed by atoms with van der Waals surface area (Å²) in [6.07, 6.45) is 21.0. The molecule has 1 saturated carbocycles. The maximum atomic E-state index is 12.7. The van der Waals surface area contributed by atoms with Crippen molar-refractivity contribution < 1.29 is 58.1 Å². The van der Waals surface area contributed by atoms with Gasteiger partial charge in [0.15, 0.2) is 0 Å². The molecule has 302 valence electrons. The van der Waals surface area contributed by atoms with Crippen molar-refractivity contribution in [2.75, 3.05) is 13.2 Å². The Kier molecular flexibility index (Phi) is 22.3. The Morgan fingerprint density at radius 3 is 2.38 bits per heavy atom. The van der Waals surface area contributed by atoms with Gasteiger partial charge in [-0.2, -0.15) is 0 Å². The fourth-order valence-corrected chi connectivity index (χ4v) is 7.26. The second-order valence-electron chi connectivity index (χ2n) is 14.3. The molecule has 7 atom stereocenters. The SMILES string of the molecule is CC[C@H]1C=CC(=O)O[C@H]1/C=C/[C@](O)(CCNC(=O)CCCCCCCCCCCOC(C)=O)[C@@H](C[C@@H](O)/C=C\C=C/[C@@H]1CCC[C@H](O)C1)OP(=O)(O)O. The van der Waals surface area contributed by atoms with Crippen LogP contribution in [0.15, 0.2) is 48.6 Å². The monoisotopic (exact) mass is 769 g/mol. The van der Waals surface area contributed by atoms with Gasteiger partial charge < -0.3 is 39.9 Å². The molecule has 13 nitrogen and oxygen atoms in total. The molecule has 14 heteroatoms. The third-order valence-corrected chi connectivity index (χ3v) is 10.2. The number of aliphatic hydroxyl groups excluding tert-OH is 2. The van der Waals surface area contributed by atoms with Crippen molar-refractivity contribution in [1.82, 2.24) is 5.32 Å². The third kappa shape index (κ3) is 21.1. The summed E-state index contributed by atoms with van der Waals surface area (Å²) >= 11 is 0. The lowest BCUT2D eigenvalue weighted by Crippen LogP contribution is -2.46. The number of phosphoric ester groups is 1. The molecular weight excluding hydrogens is 705 g/mol. The molecule has 0 saturated heterocycles. The van der Waals surface area contributed by atoms with Crippen molar-refractivity contribution in [3.8, 4) is 0 Å². The van der Waals surface area contributed by atoms with Gasteiger partial charge in [-0.3, -0.25) is 14.1 Å². The van der Waals surface area contributed by atoms with Crippen molar-refractivity contribution in [1.29, 1.82) is 0 Å². The first kappa shape index (κ1) is 46.5. The number of carbonyl (C=O) groups excluding carboxylic acids is 3. The fraction of sp³-hybridized carbons (Fsp3) is 0.718. The van der Waals surface area contributed by atoms with Gasteiger partial charge in [0.25, 0.3) is 0 Å². The number of esters is 2. The van der Waals surface area contributed by atoms with Crippen LogP contribution in [0.25, 0.3) is 0 Å². The molecule has 2 rings (SSSR count). The standard InChI is InChI=1S/C39H64NO12P/c1-3-32-21-22-38(45)51-35(32)23-24-39(46,25-26-40-37(44)20-11-9-7-5-4-6-8-10-14-27-50-30(2)41)36(52-53(47,48)49)29-34(43)18-13-12-16-31-17-15-19-33(42)28-31/h12-13,16,18,21-24,31-36,42-43,46H,3-11,14-15,17,19-20,25-29H2,1-2H3,(H,40,44)(H2,47,48,49)/b16-12-,18-13-,24-23+/t31-,32+,33+,34+,35+,36-,39+/m1/s1. The average Bonchev–Trinajstić information content (AvgIpc) is 3.09. The zero-order valence-corrected chi connectivity index (χ0v) is 32.5. The molecule has 0 spiro atoms. The highest BCUT2D eigenvalue weighted by atomic mass is 31.2. The minimum Gasteiger partial charge on any atom is -0.466 e. The van der Waals surface area contributed by atoms with Crippen LogP contribution in [0.4, 0.5) is 0 Å². The zero-order valence-electron chi connectivity index (χ0n) is 31.6. The highest BCUT2D eigenvalue weighted by molar-refractivity contribution is 7.46.